The predicted octanol–water partition coefficient (Wildman–Crippen LogP) is 2.51. The summed E-state index contributed by atoms with van der Waals surface area (Å²) in [6, 6.07) is 3.06. The van der Waals surface area contributed by atoms with E-state index in [2.05, 4.69) is 10.6 Å². The number of carbonyl (C=O) groups excluding carboxylic acids is 3. The van der Waals surface area contributed by atoms with E-state index < -0.39 is 12.0 Å². The molecule has 0 spiro atoms. The lowest BCUT2D eigenvalue weighted by molar-refractivity contribution is 0.0962. The molecule has 1 aromatic carbocycles. The van der Waals surface area contributed by atoms with Crippen molar-refractivity contribution < 1.29 is 33.3 Å². The van der Waals surface area contributed by atoms with Crippen LogP contribution >= 0.6 is 11.3 Å². The number of nitrogens with zero attached hydrogens (tertiary/aromatic N) is 1. The highest BCUT2D eigenvalue weighted by molar-refractivity contribution is 7.17. The summed E-state index contributed by atoms with van der Waals surface area (Å²) in [5.74, 6) is 0.282. The number of fused-ring (bicyclic) bond motifs is 1. The molecule has 32 heavy (non-hydrogen) atoms. The normalized spacial score (nSPS) is 12.5. The number of ether oxygens (including phenoxy) is 4. The SMILES string of the molecule is CNC(=O)c1c(NC(=O)c2cc(OC)c(OC)c(OC)c2)sc2c1CCN(C(=O)OC)C2. The predicted molar refractivity (Wildman–Crippen MR) is 118 cm³/mol. The van der Waals surface area contributed by atoms with Gasteiger partial charge in [0.25, 0.3) is 11.8 Å². The van der Waals surface area contributed by atoms with Gasteiger partial charge in [-0.15, -0.1) is 11.3 Å². The van der Waals surface area contributed by atoms with E-state index in [0.717, 1.165) is 10.4 Å². The molecule has 11 heteroatoms. The fraction of sp³-hybridized carbons (Fsp3) is 0.381. The number of amides is 3. The average molecular weight is 464 g/mol. The third-order valence-corrected chi connectivity index (χ3v) is 6.23. The van der Waals surface area contributed by atoms with Crippen LogP contribution in [0.5, 0.6) is 17.2 Å². The minimum atomic E-state index is -0.446. The van der Waals surface area contributed by atoms with Crippen molar-refractivity contribution in [2.24, 2.45) is 0 Å². The van der Waals surface area contributed by atoms with Crippen LogP contribution in [-0.2, 0) is 17.7 Å². The maximum atomic E-state index is 13.1. The Morgan fingerprint density at radius 2 is 1.66 bits per heavy atom. The number of hydrogen-bond acceptors (Lipinski definition) is 8. The van der Waals surface area contributed by atoms with Gasteiger partial charge in [0.15, 0.2) is 11.5 Å². The summed E-state index contributed by atoms with van der Waals surface area (Å²) in [4.78, 5) is 40.0. The molecule has 0 saturated carbocycles. The number of rotatable bonds is 6. The van der Waals surface area contributed by atoms with Crippen molar-refractivity contribution in [1.82, 2.24) is 10.2 Å². The number of benzene rings is 1. The van der Waals surface area contributed by atoms with Crippen molar-refractivity contribution >= 4 is 34.2 Å². The quantitative estimate of drug-likeness (QED) is 0.676. The minimum absolute atomic E-state index is 0.268. The molecule has 2 N–H and O–H groups in total. The van der Waals surface area contributed by atoms with Gasteiger partial charge in [-0.2, -0.15) is 0 Å². The van der Waals surface area contributed by atoms with Crippen LogP contribution in [0.3, 0.4) is 0 Å². The minimum Gasteiger partial charge on any atom is -0.493 e. The van der Waals surface area contributed by atoms with Gasteiger partial charge in [-0.25, -0.2) is 4.79 Å². The van der Waals surface area contributed by atoms with E-state index in [9.17, 15) is 14.4 Å². The molecule has 0 unspecified atom stereocenters. The van der Waals surface area contributed by atoms with Crippen molar-refractivity contribution in [2.45, 2.75) is 13.0 Å². The number of nitrogens with one attached hydrogen (secondary N) is 2. The van der Waals surface area contributed by atoms with E-state index in [1.165, 1.54) is 59.0 Å². The van der Waals surface area contributed by atoms with Gasteiger partial charge in [-0.3, -0.25) is 9.59 Å². The lowest BCUT2D eigenvalue weighted by Gasteiger charge is -2.25. The Kier molecular flexibility index (Phi) is 7.08. The highest BCUT2D eigenvalue weighted by Gasteiger charge is 2.30. The molecule has 0 fully saturated rings. The highest BCUT2D eigenvalue weighted by Crippen LogP contribution is 2.40. The zero-order chi connectivity index (χ0) is 23.4. The molecule has 1 aliphatic rings. The first kappa shape index (κ1) is 23.2. The van der Waals surface area contributed by atoms with E-state index in [4.69, 9.17) is 18.9 Å². The largest absolute Gasteiger partial charge is 0.493 e. The van der Waals surface area contributed by atoms with Crippen LogP contribution < -0.4 is 24.8 Å². The molecule has 1 aliphatic heterocycles. The molecule has 1 aromatic heterocycles. The van der Waals surface area contributed by atoms with Crippen LogP contribution in [0, 0.1) is 0 Å². The van der Waals surface area contributed by atoms with Gasteiger partial charge in [0.05, 0.1) is 40.5 Å². The lowest BCUT2D eigenvalue weighted by Crippen LogP contribution is -2.35. The van der Waals surface area contributed by atoms with Gasteiger partial charge in [-0.1, -0.05) is 0 Å². The summed E-state index contributed by atoms with van der Waals surface area (Å²) in [6.45, 7) is 0.720. The van der Waals surface area contributed by atoms with Gasteiger partial charge < -0.3 is 34.5 Å². The Morgan fingerprint density at radius 1 is 1.00 bits per heavy atom. The molecule has 0 atom stereocenters. The summed E-state index contributed by atoms with van der Waals surface area (Å²) in [5.41, 5.74) is 1.48. The lowest BCUT2D eigenvalue weighted by atomic mass is 10.0. The highest BCUT2D eigenvalue weighted by atomic mass is 32.1. The van der Waals surface area contributed by atoms with Crippen LogP contribution in [0.2, 0.25) is 0 Å². The van der Waals surface area contributed by atoms with E-state index in [1.807, 2.05) is 0 Å². The number of methoxy groups -OCH3 is 4. The third kappa shape index (κ3) is 4.28. The number of anilines is 1. The summed E-state index contributed by atoms with van der Waals surface area (Å²) in [5, 5.41) is 5.85. The van der Waals surface area contributed by atoms with Crippen LogP contribution in [0.15, 0.2) is 12.1 Å². The average Bonchev–Trinajstić information content (AvgIpc) is 3.18. The van der Waals surface area contributed by atoms with Crippen LogP contribution in [0.1, 0.15) is 31.2 Å². The summed E-state index contributed by atoms with van der Waals surface area (Å²) in [7, 11) is 7.25. The molecule has 0 aliphatic carbocycles. The van der Waals surface area contributed by atoms with Crippen LogP contribution in [0.4, 0.5) is 9.80 Å². The Hall–Kier alpha value is -3.47. The molecule has 2 heterocycles. The monoisotopic (exact) mass is 463 g/mol. The first-order chi connectivity index (χ1) is 15.4. The molecule has 3 amide bonds. The first-order valence-corrected chi connectivity index (χ1v) is 10.5. The molecule has 0 bridgehead atoms. The van der Waals surface area contributed by atoms with Crippen molar-refractivity contribution in [3.8, 4) is 17.2 Å². The third-order valence-electron chi connectivity index (χ3n) is 5.10. The van der Waals surface area contributed by atoms with Crippen molar-refractivity contribution in [1.29, 1.82) is 0 Å². The molecule has 0 radical (unpaired) electrons. The molecule has 3 rings (SSSR count). The fourth-order valence-corrected chi connectivity index (χ4v) is 4.78. The molecule has 0 saturated heterocycles. The molecule has 10 nitrogen and oxygen atoms in total. The zero-order valence-electron chi connectivity index (χ0n) is 18.5. The maximum absolute atomic E-state index is 13.1. The first-order valence-electron chi connectivity index (χ1n) is 9.69. The smallest absolute Gasteiger partial charge is 0.409 e. The Labute approximate surface area is 189 Å². The van der Waals surface area contributed by atoms with Crippen LogP contribution in [-0.4, -0.2) is 64.8 Å². The van der Waals surface area contributed by atoms with Gasteiger partial charge in [0.2, 0.25) is 5.75 Å². The van der Waals surface area contributed by atoms with E-state index in [1.54, 1.807) is 4.90 Å². The fourth-order valence-electron chi connectivity index (χ4n) is 3.53. The molecule has 172 valence electrons. The zero-order valence-corrected chi connectivity index (χ0v) is 19.3. The van der Waals surface area contributed by atoms with Gasteiger partial charge >= 0.3 is 6.09 Å². The van der Waals surface area contributed by atoms with E-state index >= 15 is 0 Å². The second kappa shape index (κ2) is 9.77. The second-order valence-electron chi connectivity index (χ2n) is 6.80. The summed E-state index contributed by atoms with van der Waals surface area (Å²) in [6.07, 6.45) is 0.0394. The maximum Gasteiger partial charge on any atom is 0.409 e. The van der Waals surface area contributed by atoms with E-state index in [-0.39, 0.29) is 11.5 Å². The Balaban J connectivity index is 1.97. The van der Waals surface area contributed by atoms with Gasteiger partial charge in [-0.05, 0) is 24.1 Å². The van der Waals surface area contributed by atoms with Gasteiger partial charge in [0, 0.05) is 24.0 Å². The second-order valence-corrected chi connectivity index (χ2v) is 7.90. The standard InChI is InChI=1S/C21H25N3O7S/c1-22-19(26)16-12-6-7-24(21(27)31-5)10-15(12)32-20(16)23-18(25)11-8-13(28-2)17(30-4)14(9-11)29-3/h8-9H,6-7,10H2,1-5H3,(H,22,26)(H,23,25). The van der Waals surface area contributed by atoms with Crippen LogP contribution in [0.25, 0.3) is 0 Å². The van der Waals surface area contributed by atoms with Crippen molar-refractivity contribution in [3.05, 3.63) is 33.7 Å². The van der Waals surface area contributed by atoms with Crippen molar-refractivity contribution in [3.63, 3.8) is 0 Å². The summed E-state index contributed by atoms with van der Waals surface area (Å²) >= 11 is 1.26. The topological polar surface area (TPSA) is 115 Å². The summed E-state index contributed by atoms with van der Waals surface area (Å²) < 4.78 is 20.7. The number of thiophene rings is 1. The van der Waals surface area contributed by atoms with E-state index in [0.29, 0.717) is 47.3 Å². The molecular weight excluding hydrogens is 438 g/mol. The van der Waals surface area contributed by atoms with Crippen molar-refractivity contribution in [2.75, 3.05) is 47.3 Å². The van der Waals surface area contributed by atoms with Gasteiger partial charge in [0.1, 0.15) is 5.00 Å². The Morgan fingerprint density at radius 3 is 2.19 bits per heavy atom. The molecule has 2 aromatic rings. The number of carbonyl (C=O) groups is 3. The Bertz CT molecular complexity index is 1030. The molecular formula is C21H25N3O7S. The number of hydrogen-bond donors (Lipinski definition) is 2.